The van der Waals surface area contributed by atoms with Crippen molar-refractivity contribution in [2.24, 2.45) is 5.92 Å². The van der Waals surface area contributed by atoms with Gasteiger partial charge < -0.3 is 9.47 Å². The Labute approximate surface area is 158 Å². The third kappa shape index (κ3) is 5.73. The van der Waals surface area contributed by atoms with Crippen molar-refractivity contribution in [2.75, 3.05) is 6.61 Å². The lowest BCUT2D eigenvalue weighted by atomic mass is 10.2. The summed E-state index contributed by atoms with van der Waals surface area (Å²) in [5.41, 5.74) is 0. The molecule has 0 aliphatic rings. The smallest absolute Gasteiger partial charge is 0.336 e. The lowest BCUT2D eigenvalue weighted by Crippen LogP contribution is -2.10. The third-order valence-corrected chi connectivity index (χ3v) is 4.53. The van der Waals surface area contributed by atoms with Gasteiger partial charge in [0, 0.05) is 12.2 Å². The molecule has 0 aromatic heterocycles. The van der Waals surface area contributed by atoms with Gasteiger partial charge in [-0.05, 0) is 5.92 Å². The van der Waals surface area contributed by atoms with Crippen LogP contribution in [-0.4, -0.2) is 18.5 Å². The summed E-state index contributed by atoms with van der Waals surface area (Å²) in [6, 6.07) is 0. The number of hydrogen-bond donors (Lipinski definition) is 0. The van der Waals surface area contributed by atoms with Crippen molar-refractivity contribution in [2.45, 2.75) is 13.8 Å². The zero-order chi connectivity index (χ0) is 17.7. The first kappa shape index (κ1) is 20.4. The van der Waals surface area contributed by atoms with Crippen LogP contribution in [0.15, 0.2) is 12.2 Å². The van der Waals surface area contributed by atoms with Gasteiger partial charge >= 0.3 is 11.9 Å². The molecule has 126 valence electrons. The molecule has 0 aliphatic heterocycles. The van der Waals surface area contributed by atoms with Gasteiger partial charge in [0.2, 0.25) is 0 Å². The summed E-state index contributed by atoms with van der Waals surface area (Å²) in [6.07, 6.45) is 1.79. The molecule has 0 atom stereocenters. The van der Waals surface area contributed by atoms with Crippen LogP contribution in [-0.2, 0) is 14.3 Å². The van der Waals surface area contributed by atoms with Crippen LogP contribution < -0.4 is 4.74 Å². The van der Waals surface area contributed by atoms with Crippen molar-refractivity contribution >= 4 is 69.9 Å². The predicted molar refractivity (Wildman–Crippen MR) is 92.1 cm³/mol. The number of hydrogen-bond acceptors (Lipinski definition) is 4. The highest BCUT2D eigenvalue weighted by molar-refractivity contribution is 6.55. The van der Waals surface area contributed by atoms with E-state index in [-0.39, 0.29) is 43.4 Å². The normalized spacial score (nSPS) is 11.1. The number of ether oxygens (including phenoxy) is 2. The molecule has 0 amide bonds. The molecule has 0 saturated carbocycles. The van der Waals surface area contributed by atoms with Gasteiger partial charge in [0.05, 0.1) is 21.7 Å². The summed E-state index contributed by atoms with van der Waals surface area (Å²) in [7, 11) is 0. The highest BCUT2D eigenvalue weighted by Crippen LogP contribution is 2.48. The van der Waals surface area contributed by atoms with Crippen LogP contribution in [0.2, 0.25) is 25.1 Å². The predicted octanol–water partition coefficient (Wildman–Crippen LogP) is 5.61. The standard InChI is InChI=1S/C14H11Cl5O4/c1-6(2)5-22-7(20)3-4-8(21)23-14-12(18)10(16)9(15)11(17)13(14)19/h3-4,6H,5H2,1-2H3/b4-3+. The van der Waals surface area contributed by atoms with E-state index in [1.807, 2.05) is 13.8 Å². The van der Waals surface area contributed by atoms with Gasteiger partial charge in [-0.3, -0.25) is 0 Å². The summed E-state index contributed by atoms with van der Waals surface area (Å²) >= 11 is 29.3. The first-order valence-electron chi connectivity index (χ1n) is 6.23. The third-order valence-electron chi connectivity index (χ3n) is 2.29. The van der Waals surface area contributed by atoms with Crippen molar-refractivity contribution in [3.8, 4) is 5.75 Å². The van der Waals surface area contributed by atoms with Crippen molar-refractivity contribution in [1.82, 2.24) is 0 Å². The van der Waals surface area contributed by atoms with E-state index < -0.39 is 11.9 Å². The molecule has 0 saturated heterocycles. The van der Waals surface area contributed by atoms with Gasteiger partial charge in [0.1, 0.15) is 10.0 Å². The second kappa shape index (κ2) is 9.00. The van der Waals surface area contributed by atoms with Crippen molar-refractivity contribution < 1.29 is 19.1 Å². The van der Waals surface area contributed by atoms with Crippen LogP contribution in [0.4, 0.5) is 0 Å². The Morgan fingerprint density at radius 2 is 1.30 bits per heavy atom. The summed E-state index contributed by atoms with van der Waals surface area (Å²) in [6.45, 7) is 3.99. The molecule has 0 heterocycles. The Morgan fingerprint density at radius 3 is 1.78 bits per heavy atom. The molecule has 0 aliphatic carbocycles. The van der Waals surface area contributed by atoms with E-state index in [0.29, 0.717) is 0 Å². The van der Waals surface area contributed by atoms with E-state index in [9.17, 15) is 9.59 Å². The average molecular weight is 421 g/mol. The van der Waals surface area contributed by atoms with Crippen LogP contribution in [0.3, 0.4) is 0 Å². The number of halogens is 5. The Kier molecular flexibility index (Phi) is 7.98. The molecule has 0 unspecified atom stereocenters. The van der Waals surface area contributed by atoms with Crippen molar-refractivity contribution in [3.63, 3.8) is 0 Å². The van der Waals surface area contributed by atoms with Crippen LogP contribution in [0, 0.1) is 5.92 Å². The first-order chi connectivity index (χ1) is 10.6. The van der Waals surface area contributed by atoms with Crippen LogP contribution >= 0.6 is 58.0 Å². The molecule has 1 rings (SSSR count). The first-order valence-corrected chi connectivity index (χ1v) is 8.12. The molecule has 4 nitrogen and oxygen atoms in total. The van der Waals surface area contributed by atoms with E-state index in [1.54, 1.807) is 0 Å². The van der Waals surface area contributed by atoms with E-state index >= 15 is 0 Å². The Morgan fingerprint density at radius 1 is 0.870 bits per heavy atom. The van der Waals surface area contributed by atoms with Gasteiger partial charge in [-0.15, -0.1) is 0 Å². The van der Waals surface area contributed by atoms with E-state index in [1.165, 1.54) is 0 Å². The quantitative estimate of drug-likeness (QED) is 0.204. The topological polar surface area (TPSA) is 52.6 Å². The summed E-state index contributed by atoms with van der Waals surface area (Å²) in [5.74, 6) is -1.67. The van der Waals surface area contributed by atoms with Crippen LogP contribution in [0.25, 0.3) is 0 Å². The number of esters is 2. The molecule has 0 radical (unpaired) electrons. The summed E-state index contributed by atoms with van der Waals surface area (Å²) in [5, 5.41) is -0.613. The molecule has 1 aromatic rings. The van der Waals surface area contributed by atoms with E-state index in [0.717, 1.165) is 12.2 Å². The fourth-order valence-electron chi connectivity index (χ4n) is 1.24. The molecule has 0 N–H and O–H groups in total. The largest absolute Gasteiger partial charge is 0.462 e. The average Bonchev–Trinajstić information content (AvgIpc) is 2.51. The van der Waals surface area contributed by atoms with Crippen molar-refractivity contribution in [1.29, 1.82) is 0 Å². The molecule has 9 heteroatoms. The maximum atomic E-state index is 11.7. The zero-order valence-electron chi connectivity index (χ0n) is 12.0. The fraction of sp³-hybridized carbons (Fsp3) is 0.286. The number of benzene rings is 1. The van der Waals surface area contributed by atoms with Gasteiger partial charge in [-0.1, -0.05) is 71.9 Å². The molecular weight excluding hydrogens is 409 g/mol. The SMILES string of the molecule is CC(C)COC(=O)/C=C/C(=O)Oc1c(Cl)c(Cl)c(Cl)c(Cl)c1Cl. The molecular formula is C14H11Cl5O4. The second-order valence-corrected chi connectivity index (χ2v) is 6.57. The maximum absolute atomic E-state index is 11.7. The number of carbonyl (C=O) groups is 2. The molecule has 0 fully saturated rings. The summed E-state index contributed by atoms with van der Waals surface area (Å²) in [4.78, 5) is 23.1. The number of rotatable bonds is 5. The lowest BCUT2D eigenvalue weighted by Gasteiger charge is -2.11. The fourth-order valence-corrected chi connectivity index (χ4v) is 2.44. The van der Waals surface area contributed by atoms with E-state index in [4.69, 9.17) is 67.5 Å². The minimum atomic E-state index is -0.912. The molecule has 1 aromatic carbocycles. The van der Waals surface area contributed by atoms with Gasteiger partial charge in [-0.25, -0.2) is 9.59 Å². The van der Waals surface area contributed by atoms with Gasteiger partial charge in [0.15, 0.2) is 5.75 Å². The monoisotopic (exact) mass is 418 g/mol. The van der Waals surface area contributed by atoms with E-state index in [2.05, 4.69) is 0 Å². The Hall–Kier alpha value is -0.650. The van der Waals surface area contributed by atoms with Crippen molar-refractivity contribution in [3.05, 3.63) is 37.3 Å². The highest BCUT2D eigenvalue weighted by Gasteiger charge is 2.22. The summed E-state index contributed by atoms with van der Waals surface area (Å²) < 4.78 is 9.80. The highest BCUT2D eigenvalue weighted by atomic mass is 35.5. The minimum absolute atomic E-state index is 0.0593. The van der Waals surface area contributed by atoms with Crippen LogP contribution in [0.5, 0.6) is 5.75 Å². The zero-order valence-corrected chi connectivity index (χ0v) is 15.7. The maximum Gasteiger partial charge on any atom is 0.336 e. The molecule has 0 spiro atoms. The lowest BCUT2D eigenvalue weighted by molar-refractivity contribution is -0.139. The Bertz CT molecular complexity index is 626. The Balaban J connectivity index is 2.85. The molecule has 0 bridgehead atoms. The van der Waals surface area contributed by atoms with Gasteiger partial charge in [-0.2, -0.15) is 0 Å². The number of carbonyl (C=O) groups excluding carboxylic acids is 2. The minimum Gasteiger partial charge on any atom is -0.462 e. The molecule has 23 heavy (non-hydrogen) atoms. The second-order valence-electron chi connectivity index (χ2n) is 4.68. The van der Waals surface area contributed by atoms with Crippen LogP contribution in [0.1, 0.15) is 13.8 Å². The van der Waals surface area contributed by atoms with Gasteiger partial charge in [0.25, 0.3) is 0 Å².